The van der Waals surface area contributed by atoms with Crippen molar-refractivity contribution >= 4 is 39.7 Å². The van der Waals surface area contributed by atoms with Gasteiger partial charge in [0, 0.05) is 18.7 Å². The van der Waals surface area contributed by atoms with Crippen molar-refractivity contribution in [1.29, 1.82) is 5.41 Å². The molecule has 1 aliphatic rings. The molecular weight excluding hydrogens is 442 g/mol. The number of fused-ring (bicyclic) bond motifs is 3. The second-order valence-corrected chi connectivity index (χ2v) is 8.48. The lowest BCUT2D eigenvalue weighted by molar-refractivity contribution is 0.0649. The number of aromatic amines is 1. The van der Waals surface area contributed by atoms with Gasteiger partial charge >= 0.3 is 0 Å². The maximum atomic E-state index is 12.8. The molecule has 0 radical (unpaired) electrons. The summed E-state index contributed by atoms with van der Waals surface area (Å²) in [5.41, 5.74) is 10.5. The molecule has 0 spiro atoms. The zero-order valence-corrected chi connectivity index (χ0v) is 18.7. The number of H-pyrrole nitrogens is 1. The number of benzene rings is 3. The molecule has 1 aliphatic heterocycles. The lowest BCUT2D eigenvalue weighted by atomic mass is 10.1. The van der Waals surface area contributed by atoms with Crippen molar-refractivity contribution in [2.45, 2.75) is 13.0 Å². The Labute approximate surface area is 199 Å². The maximum absolute atomic E-state index is 12.8. The summed E-state index contributed by atoms with van der Waals surface area (Å²) in [6.45, 7) is 0.651. The van der Waals surface area contributed by atoms with Gasteiger partial charge in [0.2, 0.25) is 0 Å². The molecule has 0 saturated heterocycles. The van der Waals surface area contributed by atoms with Crippen LogP contribution < -0.4 is 5.73 Å². The average molecular weight is 464 g/mol. The number of para-hydroxylation sites is 2. The first-order valence-corrected chi connectivity index (χ1v) is 11.2. The largest absolute Gasteiger partial charge is 0.384 e. The fourth-order valence-corrected chi connectivity index (χ4v) is 4.62. The van der Waals surface area contributed by atoms with Crippen LogP contribution in [0.25, 0.3) is 22.1 Å². The van der Waals surface area contributed by atoms with Crippen molar-refractivity contribution in [2.24, 2.45) is 5.73 Å². The first-order valence-electron chi connectivity index (χ1n) is 11.2. The van der Waals surface area contributed by atoms with Gasteiger partial charge in [-0.1, -0.05) is 24.3 Å². The zero-order valence-electron chi connectivity index (χ0n) is 18.7. The number of rotatable bonds is 6. The van der Waals surface area contributed by atoms with Gasteiger partial charge < -0.3 is 15.3 Å². The normalized spacial score (nSPS) is 13.2. The third-order valence-electron chi connectivity index (χ3n) is 6.33. The van der Waals surface area contributed by atoms with E-state index in [1.807, 2.05) is 34.9 Å². The molecule has 6 rings (SSSR count). The van der Waals surface area contributed by atoms with E-state index in [4.69, 9.17) is 16.1 Å². The fourth-order valence-electron chi connectivity index (χ4n) is 4.62. The summed E-state index contributed by atoms with van der Waals surface area (Å²) in [6.07, 6.45) is 0.431. The van der Waals surface area contributed by atoms with E-state index in [0.29, 0.717) is 29.7 Å². The van der Waals surface area contributed by atoms with Crippen LogP contribution >= 0.6 is 0 Å². The number of hydrogen-bond donors (Lipinski definition) is 3. The molecule has 4 N–H and O–H groups in total. The topological polar surface area (TPSA) is 134 Å². The third kappa shape index (κ3) is 3.45. The Morgan fingerprint density at radius 1 is 0.886 bits per heavy atom. The molecule has 5 aromatic rings. The van der Waals surface area contributed by atoms with Crippen LogP contribution in [0.1, 0.15) is 37.9 Å². The van der Waals surface area contributed by atoms with E-state index in [-0.39, 0.29) is 24.2 Å². The number of aromatic nitrogens is 4. The second kappa shape index (κ2) is 7.91. The van der Waals surface area contributed by atoms with E-state index in [2.05, 4.69) is 9.97 Å². The molecule has 0 atom stereocenters. The van der Waals surface area contributed by atoms with Crippen LogP contribution in [0.2, 0.25) is 0 Å². The van der Waals surface area contributed by atoms with E-state index >= 15 is 0 Å². The van der Waals surface area contributed by atoms with Crippen molar-refractivity contribution in [3.8, 4) is 0 Å². The van der Waals surface area contributed by atoms with Gasteiger partial charge in [-0.05, 0) is 42.5 Å². The zero-order chi connectivity index (χ0) is 24.1. The molecule has 0 aliphatic carbocycles. The van der Waals surface area contributed by atoms with E-state index in [9.17, 15) is 9.59 Å². The van der Waals surface area contributed by atoms with E-state index < -0.39 is 0 Å². The van der Waals surface area contributed by atoms with Gasteiger partial charge in [-0.25, -0.2) is 9.97 Å². The van der Waals surface area contributed by atoms with Crippen LogP contribution in [0.4, 0.5) is 0 Å². The molecule has 2 aromatic heterocycles. The molecule has 35 heavy (non-hydrogen) atoms. The molecular formula is C26H21N7O2. The minimum atomic E-state index is -0.268. The molecule has 2 amide bonds. The monoisotopic (exact) mass is 463 g/mol. The Morgan fingerprint density at radius 2 is 1.60 bits per heavy atom. The lowest BCUT2D eigenvalue weighted by Gasteiger charge is -2.16. The van der Waals surface area contributed by atoms with Crippen LogP contribution in [0.3, 0.4) is 0 Å². The standard InChI is InChI=1S/C26H21N7O2/c27-24(28)15-9-10-18-20(13-15)30-22(29-18)14-23-31-19-7-3-4-8-21(19)32(23)11-12-33-25(34)16-5-1-2-6-17(16)26(33)35/h1-10,13H,11-12,14H2,(H3,27,28)(H,29,30). The lowest BCUT2D eigenvalue weighted by Crippen LogP contribution is -2.33. The number of amidine groups is 1. The first kappa shape index (κ1) is 20.8. The SMILES string of the molecule is N=C(N)c1ccc2nc(Cc3nc4ccccc4n3CCN3C(=O)c4ccccc4C3=O)[nH]c2c1. The average Bonchev–Trinajstić information content (AvgIpc) is 3.50. The summed E-state index contributed by atoms with van der Waals surface area (Å²) in [5.74, 6) is 0.954. The summed E-state index contributed by atoms with van der Waals surface area (Å²) in [7, 11) is 0. The number of imidazole rings is 2. The van der Waals surface area contributed by atoms with Crippen LogP contribution in [-0.4, -0.2) is 48.6 Å². The highest BCUT2D eigenvalue weighted by atomic mass is 16.2. The minimum Gasteiger partial charge on any atom is -0.384 e. The number of nitrogen functional groups attached to an aromatic ring is 1. The summed E-state index contributed by atoms with van der Waals surface area (Å²) in [5, 5.41) is 7.65. The van der Waals surface area contributed by atoms with Gasteiger partial charge in [-0.3, -0.25) is 19.9 Å². The predicted molar refractivity (Wildman–Crippen MR) is 131 cm³/mol. The first-order chi connectivity index (χ1) is 17.0. The number of carbonyl (C=O) groups is 2. The molecule has 9 nitrogen and oxygen atoms in total. The van der Waals surface area contributed by atoms with Gasteiger partial charge in [-0.2, -0.15) is 0 Å². The summed E-state index contributed by atoms with van der Waals surface area (Å²) in [4.78, 5) is 39.7. The van der Waals surface area contributed by atoms with Crippen LogP contribution in [0.5, 0.6) is 0 Å². The van der Waals surface area contributed by atoms with Gasteiger partial charge in [-0.15, -0.1) is 0 Å². The fraction of sp³-hybridized carbons (Fsp3) is 0.115. The summed E-state index contributed by atoms with van der Waals surface area (Å²) < 4.78 is 2.03. The van der Waals surface area contributed by atoms with Crippen molar-refractivity contribution in [2.75, 3.05) is 6.54 Å². The number of hydrogen-bond acceptors (Lipinski definition) is 5. The van der Waals surface area contributed by atoms with Crippen LogP contribution in [0, 0.1) is 5.41 Å². The number of nitrogens with two attached hydrogens (primary N) is 1. The van der Waals surface area contributed by atoms with Crippen molar-refractivity contribution in [1.82, 2.24) is 24.4 Å². The molecule has 9 heteroatoms. The van der Waals surface area contributed by atoms with E-state index in [1.165, 1.54) is 4.90 Å². The highest BCUT2D eigenvalue weighted by Gasteiger charge is 2.34. The van der Waals surface area contributed by atoms with Gasteiger partial charge in [0.1, 0.15) is 17.5 Å². The van der Waals surface area contributed by atoms with Crippen molar-refractivity contribution in [3.05, 3.63) is 95.1 Å². The van der Waals surface area contributed by atoms with Crippen molar-refractivity contribution in [3.63, 3.8) is 0 Å². The molecule has 3 heterocycles. The Hall–Kier alpha value is -4.79. The predicted octanol–water partition coefficient (Wildman–Crippen LogP) is 3.08. The van der Waals surface area contributed by atoms with E-state index in [1.54, 1.807) is 36.4 Å². The minimum absolute atomic E-state index is 0.00185. The smallest absolute Gasteiger partial charge is 0.261 e. The van der Waals surface area contributed by atoms with E-state index in [0.717, 1.165) is 33.7 Å². The Bertz CT molecular complexity index is 1630. The Morgan fingerprint density at radius 3 is 2.34 bits per heavy atom. The molecule has 3 aromatic carbocycles. The van der Waals surface area contributed by atoms with Crippen molar-refractivity contribution < 1.29 is 9.59 Å². The number of nitrogens with one attached hydrogen (secondary N) is 2. The quantitative estimate of drug-likeness (QED) is 0.202. The van der Waals surface area contributed by atoms with Gasteiger partial charge in [0.15, 0.2) is 0 Å². The van der Waals surface area contributed by atoms with Crippen LogP contribution in [-0.2, 0) is 13.0 Å². The Balaban J connectivity index is 1.31. The number of imide groups is 1. The number of amides is 2. The summed E-state index contributed by atoms with van der Waals surface area (Å²) in [6, 6.07) is 20.1. The van der Waals surface area contributed by atoms with Crippen LogP contribution in [0.15, 0.2) is 66.7 Å². The van der Waals surface area contributed by atoms with Gasteiger partial charge in [0.25, 0.3) is 11.8 Å². The van der Waals surface area contributed by atoms with Gasteiger partial charge in [0.05, 0.1) is 39.6 Å². The molecule has 0 saturated carbocycles. The maximum Gasteiger partial charge on any atom is 0.261 e. The molecule has 0 bridgehead atoms. The third-order valence-corrected chi connectivity index (χ3v) is 6.33. The number of carbonyl (C=O) groups excluding carboxylic acids is 2. The highest BCUT2D eigenvalue weighted by Crippen LogP contribution is 2.24. The molecule has 172 valence electrons. The highest BCUT2D eigenvalue weighted by molar-refractivity contribution is 6.21. The summed E-state index contributed by atoms with van der Waals surface area (Å²) >= 11 is 0. The number of nitrogens with zero attached hydrogens (tertiary/aromatic N) is 4. The second-order valence-electron chi connectivity index (χ2n) is 8.48. The molecule has 0 unspecified atom stereocenters. The molecule has 0 fully saturated rings. The Kier molecular flexibility index (Phi) is 4.70.